The highest BCUT2D eigenvalue weighted by molar-refractivity contribution is 7.89. The summed E-state index contributed by atoms with van der Waals surface area (Å²) in [6.07, 6.45) is 1.37. The van der Waals surface area contributed by atoms with Crippen molar-refractivity contribution in [3.8, 4) is 0 Å². The van der Waals surface area contributed by atoms with Gasteiger partial charge in [0.15, 0.2) is 0 Å². The van der Waals surface area contributed by atoms with Crippen LogP contribution >= 0.6 is 11.3 Å². The summed E-state index contributed by atoms with van der Waals surface area (Å²) in [4.78, 5) is 29.6. The summed E-state index contributed by atoms with van der Waals surface area (Å²) < 4.78 is 40.2. The van der Waals surface area contributed by atoms with Crippen molar-refractivity contribution in [3.05, 3.63) is 52.5 Å². The summed E-state index contributed by atoms with van der Waals surface area (Å²) in [5, 5.41) is 1.83. The molecule has 0 saturated carbocycles. The molecule has 0 N–H and O–H groups in total. The van der Waals surface area contributed by atoms with Crippen LogP contribution in [0.15, 0.2) is 46.7 Å². The van der Waals surface area contributed by atoms with Gasteiger partial charge in [0, 0.05) is 32.7 Å². The van der Waals surface area contributed by atoms with Gasteiger partial charge in [0.25, 0.3) is 5.91 Å². The monoisotopic (exact) mass is 451 g/mol. The fourth-order valence-corrected chi connectivity index (χ4v) is 6.08. The van der Waals surface area contributed by atoms with Crippen LogP contribution in [0.25, 0.3) is 0 Å². The molecule has 30 heavy (non-hydrogen) atoms. The third kappa shape index (κ3) is 3.99. The second-order valence-corrected chi connectivity index (χ2v) is 10.2. The predicted octanol–water partition coefficient (Wildman–Crippen LogP) is 2.02. The lowest BCUT2D eigenvalue weighted by Gasteiger charge is -2.36. The molecule has 1 aromatic heterocycles. The van der Waals surface area contributed by atoms with Gasteiger partial charge in [-0.25, -0.2) is 12.8 Å². The third-order valence-electron chi connectivity index (χ3n) is 5.51. The molecule has 0 aliphatic carbocycles. The molecule has 0 bridgehead atoms. The molecule has 0 unspecified atom stereocenters. The molecule has 4 rings (SSSR count). The minimum absolute atomic E-state index is 0.0919. The number of piperazine rings is 1. The van der Waals surface area contributed by atoms with E-state index in [-0.39, 0.29) is 42.9 Å². The third-order valence-corrected chi connectivity index (χ3v) is 8.27. The maximum atomic E-state index is 13.4. The van der Waals surface area contributed by atoms with Crippen molar-refractivity contribution in [3.63, 3.8) is 0 Å². The Balaban J connectivity index is 1.41. The number of hydrogen-bond acceptors (Lipinski definition) is 5. The number of hydrogen-bond donors (Lipinski definition) is 0. The maximum Gasteiger partial charge on any atom is 0.264 e. The van der Waals surface area contributed by atoms with E-state index in [2.05, 4.69) is 0 Å². The summed E-state index contributed by atoms with van der Waals surface area (Å²) in [6.45, 7) is 1.29. The fraction of sp³-hybridized carbons (Fsp3) is 0.400. The number of nitrogens with zero attached hydrogens (tertiary/aromatic N) is 3. The lowest BCUT2D eigenvalue weighted by atomic mass is 10.1. The Labute approximate surface area is 178 Å². The van der Waals surface area contributed by atoms with E-state index in [1.807, 2.05) is 11.4 Å². The van der Waals surface area contributed by atoms with Crippen molar-refractivity contribution < 1.29 is 22.4 Å². The van der Waals surface area contributed by atoms with E-state index in [9.17, 15) is 22.4 Å². The van der Waals surface area contributed by atoms with E-state index in [0.29, 0.717) is 17.8 Å². The highest BCUT2D eigenvalue weighted by Gasteiger charge is 2.39. The number of amides is 2. The number of benzene rings is 1. The minimum Gasteiger partial charge on any atom is -0.338 e. The first-order valence-corrected chi connectivity index (χ1v) is 12.1. The van der Waals surface area contributed by atoms with Crippen molar-refractivity contribution >= 4 is 33.2 Å². The number of carbonyl (C=O) groups is 2. The van der Waals surface area contributed by atoms with Crippen molar-refractivity contribution in [2.24, 2.45) is 0 Å². The molecular formula is C20H22FN3O4S2. The summed E-state index contributed by atoms with van der Waals surface area (Å²) >= 11 is 1.35. The van der Waals surface area contributed by atoms with Crippen molar-refractivity contribution in [2.45, 2.75) is 23.8 Å². The first-order valence-electron chi connectivity index (χ1n) is 9.77. The first kappa shape index (κ1) is 21.0. The second-order valence-electron chi connectivity index (χ2n) is 7.32. The van der Waals surface area contributed by atoms with Crippen LogP contribution in [0.5, 0.6) is 0 Å². The van der Waals surface area contributed by atoms with Gasteiger partial charge < -0.3 is 9.80 Å². The molecule has 0 spiro atoms. The molecule has 0 radical (unpaired) electrons. The number of rotatable bonds is 4. The van der Waals surface area contributed by atoms with Crippen molar-refractivity contribution in [1.82, 2.24) is 14.1 Å². The quantitative estimate of drug-likeness (QED) is 0.713. The number of halogens is 1. The molecule has 2 fully saturated rings. The zero-order chi connectivity index (χ0) is 21.3. The zero-order valence-corrected chi connectivity index (χ0v) is 17.9. The smallest absolute Gasteiger partial charge is 0.264 e. The van der Waals surface area contributed by atoms with Gasteiger partial charge in [-0.2, -0.15) is 4.31 Å². The number of likely N-dealkylation sites (tertiary alicyclic amines) is 1. The zero-order valence-electron chi connectivity index (χ0n) is 16.2. The van der Waals surface area contributed by atoms with E-state index in [0.717, 1.165) is 12.5 Å². The Kier molecular flexibility index (Phi) is 5.90. The summed E-state index contributed by atoms with van der Waals surface area (Å²) in [5.41, 5.74) is 0. The second kappa shape index (κ2) is 8.44. The molecule has 3 heterocycles. The normalized spacial score (nSPS) is 20.5. The van der Waals surface area contributed by atoms with Crippen LogP contribution in [0.3, 0.4) is 0 Å². The molecular weight excluding hydrogens is 429 g/mol. The topological polar surface area (TPSA) is 78.0 Å². The van der Waals surface area contributed by atoms with Gasteiger partial charge in [0.05, 0.1) is 9.77 Å². The molecule has 1 aromatic carbocycles. The van der Waals surface area contributed by atoms with Crippen LogP contribution in [0.4, 0.5) is 4.39 Å². The Hall–Kier alpha value is -2.30. The molecule has 7 nitrogen and oxygen atoms in total. The fourth-order valence-electron chi connectivity index (χ4n) is 3.94. The largest absolute Gasteiger partial charge is 0.338 e. The molecule has 10 heteroatoms. The Morgan fingerprint density at radius 1 is 1.03 bits per heavy atom. The highest BCUT2D eigenvalue weighted by Crippen LogP contribution is 2.25. The Bertz CT molecular complexity index is 1030. The van der Waals surface area contributed by atoms with Crippen molar-refractivity contribution in [1.29, 1.82) is 0 Å². The van der Waals surface area contributed by atoms with E-state index < -0.39 is 21.9 Å². The molecule has 2 aliphatic rings. The number of carbonyl (C=O) groups excluding carboxylic acids is 2. The maximum absolute atomic E-state index is 13.4. The first-order chi connectivity index (χ1) is 14.4. The van der Waals surface area contributed by atoms with Gasteiger partial charge in [0.2, 0.25) is 15.9 Å². The average molecular weight is 452 g/mol. The van der Waals surface area contributed by atoms with E-state index in [4.69, 9.17) is 0 Å². The van der Waals surface area contributed by atoms with Crippen LogP contribution in [-0.4, -0.2) is 73.1 Å². The van der Waals surface area contributed by atoms with Gasteiger partial charge in [-0.1, -0.05) is 12.1 Å². The lowest BCUT2D eigenvalue weighted by molar-refractivity contribution is -0.136. The Morgan fingerprint density at radius 3 is 2.47 bits per heavy atom. The van der Waals surface area contributed by atoms with Crippen molar-refractivity contribution in [2.75, 3.05) is 32.7 Å². The number of thiophene rings is 1. The Morgan fingerprint density at radius 2 is 1.80 bits per heavy atom. The predicted molar refractivity (Wildman–Crippen MR) is 110 cm³/mol. The van der Waals surface area contributed by atoms with Crippen LogP contribution in [0.1, 0.15) is 22.5 Å². The average Bonchev–Trinajstić information content (AvgIpc) is 3.45. The van der Waals surface area contributed by atoms with Crippen LogP contribution in [-0.2, 0) is 14.8 Å². The molecule has 2 saturated heterocycles. The van der Waals surface area contributed by atoms with Gasteiger partial charge in [0.1, 0.15) is 11.9 Å². The van der Waals surface area contributed by atoms with Gasteiger partial charge in [-0.15, -0.1) is 11.3 Å². The molecule has 2 aromatic rings. The van der Waals surface area contributed by atoms with E-state index in [1.165, 1.54) is 33.8 Å². The van der Waals surface area contributed by atoms with Gasteiger partial charge >= 0.3 is 0 Å². The van der Waals surface area contributed by atoms with Crippen LogP contribution in [0.2, 0.25) is 0 Å². The standard InChI is InChI=1S/C20H22FN3O4S2/c21-15-4-1-5-16(14-15)30(27,28)23-11-9-22(10-12-23)19(25)17-6-2-8-24(17)20(26)18-7-3-13-29-18/h1,3-5,7,13-14,17H,2,6,8-12H2/t17-/m1/s1. The summed E-state index contributed by atoms with van der Waals surface area (Å²) in [6, 6.07) is 7.97. The summed E-state index contributed by atoms with van der Waals surface area (Å²) in [7, 11) is -3.81. The summed E-state index contributed by atoms with van der Waals surface area (Å²) in [5.74, 6) is -0.880. The molecule has 160 valence electrons. The van der Waals surface area contributed by atoms with Gasteiger partial charge in [-0.3, -0.25) is 9.59 Å². The lowest BCUT2D eigenvalue weighted by Crippen LogP contribution is -2.55. The highest BCUT2D eigenvalue weighted by atomic mass is 32.2. The molecule has 2 amide bonds. The molecule has 1 atom stereocenters. The van der Waals surface area contributed by atoms with E-state index >= 15 is 0 Å². The number of sulfonamides is 1. The minimum atomic E-state index is -3.81. The molecule has 2 aliphatic heterocycles. The van der Waals surface area contributed by atoms with Crippen LogP contribution in [0, 0.1) is 5.82 Å². The van der Waals surface area contributed by atoms with Gasteiger partial charge in [-0.05, 0) is 42.5 Å². The SMILES string of the molecule is O=C([C@H]1CCCN1C(=O)c1cccs1)N1CCN(S(=O)(=O)c2cccc(F)c2)CC1. The van der Waals surface area contributed by atoms with Crippen LogP contribution < -0.4 is 0 Å². The van der Waals surface area contributed by atoms with E-state index in [1.54, 1.807) is 15.9 Å².